The van der Waals surface area contributed by atoms with Gasteiger partial charge in [0.05, 0.1) is 6.61 Å². The lowest BCUT2D eigenvalue weighted by Crippen LogP contribution is -2.26. The number of esters is 1. The van der Waals surface area contributed by atoms with Gasteiger partial charge in [-0.15, -0.1) is 0 Å². The normalized spacial score (nSPS) is 23.6. The number of carboxylic acids is 1. The molecule has 0 spiro atoms. The molecule has 2 rings (SSSR count). The fourth-order valence-electron chi connectivity index (χ4n) is 1.93. The molecule has 0 aromatic heterocycles. The Morgan fingerprint density at radius 2 is 2.16 bits per heavy atom. The average Bonchev–Trinajstić information content (AvgIpc) is 3.22. The fraction of sp³-hybridized carbons (Fsp3) is 0.571. The van der Waals surface area contributed by atoms with Crippen molar-refractivity contribution in [3.63, 3.8) is 0 Å². The Hall–Kier alpha value is -1.62. The van der Waals surface area contributed by atoms with E-state index in [1.54, 1.807) is 6.92 Å². The standard InChI is InChI=1S/C14H18O5/c1-3-10(12(15)16)5-4-9(2)13(17)19-14(6-7-14)11-8-18-11/h5,11H,2-4,6-8H2,1H3,(H,15,16). The van der Waals surface area contributed by atoms with Gasteiger partial charge in [-0.1, -0.05) is 19.6 Å². The summed E-state index contributed by atoms with van der Waals surface area (Å²) in [7, 11) is 0. The molecule has 0 radical (unpaired) electrons. The lowest BCUT2D eigenvalue weighted by Gasteiger charge is -2.14. The minimum absolute atomic E-state index is 0.0463. The number of aliphatic carboxylic acids is 1. The zero-order valence-electron chi connectivity index (χ0n) is 11.0. The number of hydrogen-bond acceptors (Lipinski definition) is 4. The zero-order chi connectivity index (χ0) is 14.0. The van der Waals surface area contributed by atoms with E-state index >= 15 is 0 Å². The van der Waals surface area contributed by atoms with E-state index in [1.165, 1.54) is 6.08 Å². The van der Waals surface area contributed by atoms with Crippen molar-refractivity contribution < 1.29 is 24.2 Å². The third kappa shape index (κ3) is 3.23. The van der Waals surface area contributed by atoms with Gasteiger partial charge in [0.1, 0.15) is 11.7 Å². The van der Waals surface area contributed by atoms with Crippen LogP contribution in [0, 0.1) is 0 Å². The molecule has 0 bridgehead atoms. The maximum Gasteiger partial charge on any atom is 0.334 e. The predicted molar refractivity (Wildman–Crippen MR) is 67.6 cm³/mol. The van der Waals surface area contributed by atoms with Gasteiger partial charge < -0.3 is 14.6 Å². The van der Waals surface area contributed by atoms with E-state index in [4.69, 9.17) is 14.6 Å². The summed E-state index contributed by atoms with van der Waals surface area (Å²) in [6.07, 6.45) is 3.85. The number of allylic oxidation sites excluding steroid dienone is 1. The SMILES string of the molecule is C=C(CC=C(CC)C(=O)O)C(=O)OC1(C2CO2)CC1. The maximum atomic E-state index is 11.8. The highest BCUT2D eigenvalue weighted by atomic mass is 16.6. The van der Waals surface area contributed by atoms with Crippen molar-refractivity contribution in [1.29, 1.82) is 0 Å². The van der Waals surface area contributed by atoms with Crippen LogP contribution < -0.4 is 0 Å². The number of carbonyl (C=O) groups is 2. The molecule has 1 atom stereocenters. The first-order chi connectivity index (χ1) is 8.98. The van der Waals surface area contributed by atoms with Gasteiger partial charge in [-0.05, 0) is 25.7 Å². The number of carboxylic acid groups (broad SMARTS) is 1. The maximum absolute atomic E-state index is 11.8. The van der Waals surface area contributed by atoms with Crippen molar-refractivity contribution in [1.82, 2.24) is 0 Å². The van der Waals surface area contributed by atoms with E-state index in [-0.39, 0.29) is 23.7 Å². The highest BCUT2D eigenvalue weighted by Gasteiger charge is 2.59. The summed E-state index contributed by atoms with van der Waals surface area (Å²) in [6, 6.07) is 0. The minimum atomic E-state index is -0.964. The zero-order valence-corrected chi connectivity index (χ0v) is 11.0. The van der Waals surface area contributed by atoms with Crippen molar-refractivity contribution in [3.8, 4) is 0 Å². The van der Waals surface area contributed by atoms with Crippen LogP contribution in [-0.2, 0) is 19.1 Å². The molecule has 1 saturated heterocycles. The van der Waals surface area contributed by atoms with E-state index in [1.807, 2.05) is 0 Å². The van der Waals surface area contributed by atoms with E-state index in [9.17, 15) is 9.59 Å². The molecular formula is C14H18O5. The highest BCUT2D eigenvalue weighted by molar-refractivity contribution is 5.90. The topological polar surface area (TPSA) is 76.1 Å². The molecule has 0 aromatic rings. The Balaban J connectivity index is 1.86. The second-order valence-electron chi connectivity index (χ2n) is 4.97. The largest absolute Gasteiger partial charge is 0.478 e. The second kappa shape index (κ2) is 5.17. The number of epoxide rings is 1. The van der Waals surface area contributed by atoms with Crippen molar-refractivity contribution in [3.05, 3.63) is 23.8 Å². The Labute approximate surface area is 111 Å². The summed E-state index contributed by atoms with van der Waals surface area (Å²) in [5.74, 6) is -1.42. The number of carbonyl (C=O) groups excluding carboxylic acids is 1. The molecule has 2 aliphatic rings. The van der Waals surface area contributed by atoms with Crippen LogP contribution in [0.15, 0.2) is 23.8 Å². The first-order valence-electron chi connectivity index (χ1n) is 6.43. The summed E-state index contributed by atoms with van der Waals surface area (Å²) in [4.78, 5) is 22.7. The second-order valence-corrected chi connectivity index (χ2v) is 4.97. The van der Waals surface area contributed by atoms with Gasteiger partial charge in [0.2, 0.25) is 0 Å². The molecule has 1 saturated carbocycles. The van der Waals surface area contributed by atoms with Crippen LogP contribution in [0.25, 0.3) is 0 Å². The first kappa shape index (κ1) is 13.8. The monoisotopic (exact) mass is 266 g/mol. The molecule has 0 aromatic carbocycles. The Morgan fingerprint density at radius 1 is 1.53 bits per heavy atom. The minimum Gasteiger partial charge on any atom is -0.478 e. The fourth-order valence-corrected chi connectivity index (χ4v) is 1.93. The van der Waals surface area contributed by atoms with Gasteiger partial charge in [0, 0.05) is 11.1 Å². The number of rotatable bonds is 7. The van der Waals surface area contributed by atoms with Crippen molar-refractivity contribution in [2.24, 2.45) is 0 Å². The quantitative estimate of drug-likeness (QED) is 0.432. The van der Waals surface area contributed by atoms with Crippen LogP contribution in [0.3, 0.4) is 0 Å². The molecule has 1 aliphatic carbocycles. The molecule has 1 heterocycles. The third-order valence-electron chi connectivity index (χ3n) is 3.50. The highest BCUT2D eigenvalue weighted by Crippen LogP contribution is 2.48. The lowest BCUT2D eigenvalue weighted by molar-refractivity contribution is -0.147. The smallest absolute Gasteiger partial charge is 0.334 e. The summed E-state index contributed by atoms with van der Waals surface area (Å²) >= 11 is 0. The van der Waals surface area contributed by atoms with Gasteiger partial charge in [-0.2, -0.15) is 0 Å². The van der Waals surface area contributed by atoms with Crippen molar-refractivity contribution in [2.75, 3.05) is 6.61 Å². The van der Waals surface area contributed by atoms with Gasteiger partial charge in [-0.3, -0.25) is 0 Å². The van der Waals surface area contributed by atoms with E-state index in [2.05, 4.69) is 6.58 Å². The van der Waals surface area contributed by atoms with Crippen molar-refractivity contribution in [2.45, 2.75) is 44.3 Å². The summed E-state index contributed by atoms with van der Waals surface area (Å²) in [5, 5.41) is 8.87. The molecule has 104 valence electrons. The third-order valence-corrected chi connectivity index (χ3v) is 3.50. The van der Waals surface area contributed by atoms with Crippen LogP contribution in [0.5, 0.6) is 0 Å². The van der Waals surface area contributed by atoms with Crippen LogP contribution >= 0.6 is 0 Å². The van der Waals surface area contributed by atoms with Crippen LogP contribution in [0.1, 0.15) is 32.6 Å². The van der Waals surface area contributed by atoms with E-state index < -0.39 is 17.5 Å². The lowest BCUT2D eigenvalue weighted by atomic mass is 10.1. The van der Waals surface area contributed by atoms with Crippen molar-refractivity contribution >= 4 is 11.9 Å². The van der Waals surface area contributed by atoms with E-state index in [0.717, 1.165) is 12.8 Å². The molecule has 1 aliphatic heterocycles. The average molecular weight is 266 g/mol. The van der Waals surface area contributed by atoms with E-state index in [0.29, 0.717) is 13.0 Å². The van der Waals surface area contributed by atoms with Gasteiger partial charge in [0.15, 0.2) is 0 Å². The molecule has 0 amide bonds. The molecule has 1 unspecified atom stereocenters. The molecule has 2 fully saturated rings. The summed E-state index contributed by atoms with van der Waals surface area (Å²) < 4.78 is 10.6. The van der Waals surface area contributed by atoms with Gasteiger partial charge in [-0.25, -0.2) is 9.59 Å². The Bertz CT molecular complexity index is 441. The van der Waals surface area contributed by atoms with Crippen LogP contribution in [-0.4, -0.2) is 35.4 Å². The van der Waals surface area contributed by atoms with Crippen LogP contribution in [0.4, 0.5) is 0 Å². The molecule has 19 heavy (non-hydrogen) atoms. The predicted octanol–water partition coefficient (Wildman–Crippen LogP) is 1.83. The van der Waals surface area contributed by atoms with Crippen LogP contribution in [0.2, 0.25) is 0 Å². The summed E-state index contributed by atoms with van der Waals surface area (Å²) in [6.45, 7) is 6.07. The molecule has 5 nitrogen and oxygen atoms in total. The van der Waals surface area contributed by atoms with Gasteiger partial charge >= 0.3 is 11.9 Å². The first-order valence-corrected chi connectivity index (χ1v) is 6.43. The summed E-state index contributed by atoms with van der Waals surface area (Å²) in [5.41, 5.74) is 0.129. The Kier molecular flexibility index (Phi) is 3.75. The Morgan fingerprint density at radius 3 is 2.58 bits per heavy atom. The molecule has 5 heteroatoms. The number of ether oxygens (including phenoxy) is 2. The molecular weight excluding hydrogens is 248 g/mol. The number of hydrogen-bond donors (Lipinski definition) is 1. The molecule has 1 N–H and O–H groups in total. The van der Waals surface area contributed by atoms with Gasteiger partial charge in [0.25, 0.3) is 0 Å².